The summed E-state index contributed by atoms with van der Waals surface area (Å²) in [6.45, 7) is 9.48. The lowest BCUT2D eigenvalue weighted by Crippen LogP contribution is -2.51. The molecule has 2 amide bonds. The zero-order valence-electron chi connectivity index (χ0n) is 23.4. The monoisotopic (exact) mass is 549 g/mol. The van der Waals surface area contributed by atoms with Gasteiger partial charge < -0.3 is 29.4 Å². The van der Waals surface area contributed by atoms with Crippen LogP contribution >= 0.6 is 0 Å². The van der Waals surface area contributed by atoms with Crippen LogP contribution in [0.4, 0.5) is 0 Å². The van der Waals surface area contributed by atoms with Crippen LogP contribution in [0.5, 0.6) is 0 Å². The Bertz CT molecular complexity index is 976. The lowest BCUT2D eigenvalue weighted by molar-refractivity contribution is -0.145. The molecule has 3 fully saturated rings. The number of rotatable bonds is 10. The Labute approximate surface area is 230 Å². The molecule has 2 unspecified atom stereocenters. The number of nitrogens with two attached hydrogens (primary N) is 1. The average molecular weight is 550 g/mol. The number of ether oxygens (including phenoxy) is 4. The fourth-order valence-electron chi connectivity index (χ4n) is 5.15. The molecule has 11 nitrogen and oxygen atoms in total. The summed E-state index contributed by atoms with van der Waals surface area (Å²) >= 11 is 0. The summed E-state index contributed by atoms with van der Waals surface area (Å²) in [6.07, 6.45) is 8.30. The molecule has 218 valence electrons. The van der Waals surface area contributed by atoms with Crippen molar-refractivity contribution in [2.75, 3.05) is 6.61 Å². The van der Waals surface area contributed by atoms with Crippen LogP contribution in [0, 0.1) is 5.92 Å². The van der Waals surface area contributed by atoms with Gasteiger partial charge >= 0.3 is 5.97 Å². The van der Waals surface area contributed by atoms with Crippen molar-refractivity contribution >= 4 is 17.8 Å². The highest BCUT2D eigenvalue weighted by Crippen LogP contribution is 2.43. The molecule has 11 heteroatoms. The van der Waals surface area contributed by atoms with E-state index in [1.54, 1.807) is 13.0 Å². The van der Waals surface area contributed by atoms with Crippen LogP contribution in [-0.4, -0.2) is 77.8 Å². The summed E-state index contributed by atoms with van der Waals surface area (Å²) in [5.41, 5.74) is 2.45. The van der Waals surface area contributed by atoms with Gasteiger partial charge in [-0.15, -0.1) is 0 Å². The van der Waals surface area contributed by atoms with Crippen molar-refractivity contribution in [2.24, 2.45) is 11.8 Å². The standard InChI is InChI=1S/C28H43N3O8/c1-16(7-10-24-27(35)28(15-36-28)14-21(39-24)13-26(34)31-29)6-9-23-17(2)12-22(19(4)38-23)30-25(33)11-8-18(3)37-20(5)32/h6-8,10-11,17-19,21-24,27,35H,9,12-15,29H2,1-5H3,(H,30,33)(H,31,34)/b10-7+,11-8-,16-6+/t17-,18-,19+,21+,22?,23-,24+,27+,28?/m0/s1. The summed E-state index contributed by atoms with van der Waals surface area (Å²) in [7, 11) is 0. The smallest absolute Gasteiger partial charge is 0.303 e. The van der Waals surface area contributed by atoms with Crippen molar-refractivity contribution < 1.29 is 38.4 Å². The number of aliphatic hydroxyl groups excluding tert-OH is 1. The third-order valence-electron chi connectivity index (χ3n) is 7.50. The van der Waals surface area contributed by atoms with Crippen LogP contribution in [0.25, 0.3) is 0 Å². The molecule has 0 bridgehead atoms. The first kappa shape index (κ1) is 31.0. The van der Waals surface area contributed by atoms with Gasteiger partial charge in [0.2, 0.25) is 11.8 Å². The normalized spacial score (nSPS) is 35.7. The first-order valence-electron chi connectivity index (χ1n) is 13.6. The van der Waals surface area contributed by atoms with Crippen LogP contribution in [-0.2, 0) is 33.3 Å². The van der Waals surface area contributed by atoms with Gasteiger partial charge in [-0.25, -0.2) is 5.84 Å². The van der Waals surface area contributed by atoms with Crippen molar-refractivity contribution in [3.63, 3.8) is 0 Å². The number of carbonyl (C=O) groups is 3. The minimum atomic E-state index is -0.812. The Balaban J connectivity index is 1.50. The second kappa shape index (κ2) is 13.7. The van der Waals surface area contributed by atoms with Gasteiger partial charge in [-0.3, -0.25) is 19.8 Å². The van der Waals surface area contributed by atoms with E-state index in [0.717, 1.165) is 12.0 Å². The van der Waals surface area contributed by atoms with E-state index in [1.165, 1.54) is 13.0 Å². The van der Waals surface area contributed by atoms with Gasteiger partial charge in [0, 0.05) is 19.4 Å². The van der Waals surface area contributed by atoms with E-state index >= 15 is 0 Å². The quantitative estimate of drug-likeness (QED) is 0.0599. The molecule has 0 aromatic carbocycles. The maximum absolute atomic E-state index is 12.3. The van der Waals surface area contributed by atoms with Gasteiger partial charge in [-0.1, -0.05) is 30.7 Å². The van der Waals surface area contributed by atoms with Crippen molar-refractivity contribution in [3.8, 4) is 0 Å². The van der Waals surface area contributed by atoms with Gasteiger partial charge in [0.05, 0.1) is 37.4 Å². The molecule has 3 heterocycles. The number of hydrazine groups is 1. The first-order chi connectivity index (χ1) is 18.4. The Morgan fingerprint density at radius 3 is 2.56 bits per heavy atom. The van der Waals surface area contributed by atoms with E-state index < -0.39 is 36.0 Å². The molecule has 1 spiro atoms. The third kappa shape index (κ3) is 8.97. The van der Waals surface area contributed by atoms with Crippen LogP contribution in [0.2, 0.25) is 0 Å². The van der Waals surface area contributed by atoms with Crippen LogP contribution in [0.15, 0.2) is 36.0 Å². The van der Waals surface area contributed by atoms with E-state index in [1.807, 2.05) is 26.0 Å². The minimum absolute atomic E-state index is 0.00478. The number of aliphatic hydroxyl groups is 1. The highest BCUT2D eigenvalue weighted by molar-refractivity contribution is 5.87. The molecular weight excluding hydrogens is 506 g/mol. The topological polar surface area (TPSA) is 162 Å². The number of epoxide rings is 1. The highest BCUT2D eigenvalue weighted by Gasteiger charge is 2.58. The third-order valence-corrected chi connectivity index (χ3v) is 7.50. The summed E-state index contributed by atoms with van der Waals surface area (Å²) in [6, 6.07) is -0.126. The van der Waals surface area contributed by atoms with Crippen molar-refractivity contribution in [1.29, 1.82) is 0 Å². The van der Waals surface area contributed by atoms with Gasteiger partial charge in [0.25, 0.3) is 0 Å². The Kier molecular flexibility index (Phi) is 10.9. The van der Waals surface area contributed by atoms with Gasteiger partial charge in [0.15, 0.2) is 0 Å². The zero-order chi connectivity index (χ0) is 28.7. The summed E-state index contributed by atoms with van der Waals surface area (Å²) in [5, 5.41) is 13.7. The Morgan fingerprint density at radius 1 is 1.21 bits per heavy atom. The number of nitrogens with one attached hydrogen (secondary N) is 2. The van der Waals surface area contributed by atoms with Gasteiger partial charge in [0.1, 0.15) is 23.9 Å². The van der Waals surface area contributed by atoms with E-state index in [9.17, 15) is 19.5 Å². The molecular formula is C28H43N3O8. The SMILES string of the molecule is CC(=O)O[C@@H](C)/C=C\C(=O)NC1C[C@H](C)[C@H](C/C=C(C)/C=C/[C@H]2O[C@H](CC(=O)NN)CC3(CO3)[C@@H]2O)O[C@@H]1C. The fourth-order valence-corrected chi connectivity index (χ4v) is 5.15. The molecule has 3 aliphatic rings. The molecule has 3 aliphatic heterocycles. The van der Waals surface area contributed by atoms with Crippen molar-refractivity contribution in [1.82, 2.24) is 10.7 Å². The fraction of sp³-hybridized carbons (Fsp3) is 0.679. The molecule has 39 heavy (non-hydrogen) atoms. The molecule has 0 aromatic heterocycles. The maximum Gasteiger partial charge on any atom is 0.303 e. The first-order valence-corrected chi connectivity index (χ1v) is 13.6. The van der Waals surface area contributed by atoms with Crippen LogP contribution in [0.3, 0.4) is 0 Å². The van der Waals surface area contributed by atoms with Crippen molar-refractivity contribution in [2.45, 2.75) is 109 Å². The molecule has 3 rings (SSSR count). The van der Waals surface area contributed by atoms with Crippen LogP contribution < -0.4 is 16.6 Å². The Morgan fingerprint density at radius 2 is 1.92 bits per heavy atom. The van der Waals surface area contributed by atoms with E-state index in [2.05, 4.69) is 23.7 Å². The summed E-state index contributed by atoms with van der Waals surface area (Å²) < 4.78 is 22.8. The second-order valence-electron chi connectivity index (χ2n) is 10.9. The molecule has 3 saturated heterocycles. The van der Waals surface area contributed by atoms with Gasteiger partial charge in [-0.2, -0.15) is 0 Å². The maximum atomic E-state index is 12.3. The zero-order valence-corrected chi connectivity index (χ0v) is 23.4. The summed E-state index contributed by atoms with van der Waals surface area (Å²) in [4.78, 5) is 35.1. The minimum Gasteiger partial charge on any atom is -0.459 e. The summed E-state index contributed by atoms with van der Waals surface area (Å²) in [5.74, 6) is 4.45. The molecule has 9 atom stereocenters. The molecule has 0 aliphatic carbocycles. The van der Waals surface area contributed by atoms with E-state index in [-0.39, 0.29) is 42.4 Å². The predicted molar refractivity (Wildman–Crippen MR) is 143 cm³/mol. The number of hydrogen-bond acceptors (Lipinski definition) is 9. The highest BCUT2D eigenvalue weighted by atomic mass is 16.6. The van der Waals surface area contributed by atoms with E-state index in [0.29, 0.717) is 19.4 Å². The number of hydrogen-bond donors (Lipinski definition) is 4. The second-order valence-corrected chi connectivity index (χ2v) is 10.9. The van der Waals surface area contributed by atoms with Crippen molar-refractivity contribution in [3.05, 3.63) is 36.0 Å². The molecule has 5 N–H and O–H groups in total. The van der Waals surface area contributed by atoms with E-state index in [4.69, 9.17) is 24.8 Å². The average Bonchev–Trinajstić information content (AvgIpc) is 3.64. The largest absolute Gasteiger partial charge is 0.459 e. The number of amides is 2. The lowest BCUT2D eigenvalue weighted by atomic mass is 9.87. The molecule has 0 radical (unpaired) electrons. The molecule has 0 saturated carbocycles. The van der Waals surface area contributed by atoms with Crippen LogP contribution in [0.1, 0.15) is 60.3 Å². The predicted octanol–water partition coefficient (Wildman–Crippen LogP) is 1.35. The number of carbonyl (C=O) groups excluding carboxylic acids is 3. The Hall–Kier alpha value is -2.57. The number of esters is 1. The van der Waals surface area contributed by atoms with Gasteiger partial charge in [-0.05, 0) is 45.6 Å². The molecule has 0 aromatic rings. The number of allylic oxidation sites excluding steroid dienone is 2. The lowest BCUT2D eigenvalue weighted by Gasteiger charge is -2.39.